The van der Waals surface area contributed by atoms with Crippen molar-refractivity contribution in [1.29, 1.82) is 0 Å². The molecule has 0 saturated heterocycles. The predicted molar refractivity (Wildman–Crippen MR) is 106 cm³/mol. The second-order valence-electron chi connectivity index (χ2n) is 6.36. The highest BCUT2D eigenvalue weighted by Crippen LogP contribution is 2.24. The van der Waals surface area contributed by atoms with Gasteiger partial charge in [-0.25, -0.2) is 0 Å². The van der Waals surface area contributed by atoms with Crippen LogP contribution >= 0.6 is 0 Å². The number of anilines is 1. The number of rotatable bonds is 4. The number of aromatic nitrogens is 2. The Morgan fingerprint density at radius 2 is 1.50 bits per heavy atom. The van der Waals surface area contributed by atoms with E-state index in [-0.39, 0.29) is 11.7 Å². The molecule has 0 aliphatic heterocycles. The van der Waals surface area contributed by atoms with Crippen molar-refractivity contribution in [3.05, 3.63) is 83.9 Å². The minimum atomic E-state index is -0.275. The molecule has 4 rings (SSSR count). The highest BCUT2D eigenvalue weighted by atomic mass is 16.4. The summed E-state index contributed by atoms with van der Waals surface area (Å²) in [5.74, 6) is 0.646. The molecule has 6 heteroatoms. The molecule has 1 aromatic heterocycles. The molecule has 3 aromatic carbocycles. The molecular weight excluding hydrogens is 354 g/mol. The summed E-state index contributed by atoms with van der Waals surface area (Å²) >= 11 is 0. The number of carbonyl (C=O) groups is 1. The minimum Gasteiger partial charge on any atom is -0.508 e. The first-order valence-corrected chi connectivity index (χ1v) is 8.70. The van der Waals surface area contributed by atoms with Crippen LogP contribution in [0.15, 0.2) is 77.2 Å². The van der Waals surface area contributed by atoms with Crippen molar-refractivity contribution in [1.82, 2.24) is 10.2 Å². The lowest BCUT2D eigenvalue weighted by molar-refractivity contribution is 0.102. The standard InChI is InChI=1S/C22H17N3O3/c1-14-5-7-16(8-6-14)21-24-25-22(28-21)17-11-9-15(10-12-17)20(27)23-18-3-2-4-19(26)13-18/h2-13,26H,1H3,(H,23,27). The SMILES string of the molecule is Cc1ccc(-c2nnc(-c3ccc(C(=O)Nc4cccc(O)c4)cc3)o2)cc1. The molecule has 0 radical (unpaired) electrons. The lowest BCUT2D eigenvalue weighted by atomic mass is 10.1. The van der Waals surface area contributed by atoms with E-state index in [4.69, 9.17) is 4.42 Å². The molecule has 28 heavy (non-hydrogen) atoms. The van der Waals surface area contributed by atoms with Gasteiger partial charge in [0.05, 0.1) is 0 Å². The summed E-state index contributed by atoms with van der Waals surface area (Å²) in [6.07, 6.45) is 0. The molecule has 0 atom stereocenters. The topological polar surface area (TPSA) is 88.2 Å². The lowest BCUT2D eigenvalue weighted by Gasteiger charge is -2.06. The average molecular weight is 371 g/mol. The van der Waals surface area contributed by atoms with Gasteiger partial charge in [0.1, 0.15) is 5.75 Å². The van der Waals surface area contributed by atoms with Crippen LogP contribution < -0.4 is 5.32 Å². The van der Waals surface area contributed by atoms with E-state index in [2.05, 4.69) is 15.5 Å². The first-order chi connectivity index (χ1) is 13.6. The van der Waals surface area contributed by atoms with Crippen molar-refractivity contribution in [3.63, 3.8) is 0 Å². The predicted octanol–water partition coefficient (Wildman–Crippen LogP) is 4.67. The largest absolute Gasteiger partial charge is 0.508 e. The Morgan fingerprint density at radius 1 is 0.893 bits per heavy atom. The third-order valence-electron chi connectivity index (χ3n) is 4.22. The molecule has 0 aliphatic carbocycles. The van der Waals surface area contributed by atoms with E-state index in [1.807, 2.05) is 31.2 Å². The Bertz CT molecular complexity index is 1120. The number of phenolic OH excluding ortho intramolecular Hbond substituents is 1. The van der Waals surface area contributed by atoms with Crippen LogP contribution in [0.25, 0.3) is 22.9 Å². The normalized spacial score (nSPS) is 10.6. The van der Waals surface area contributed by atoms with Crippen molar-refractivity contribution in [2.75, 3.05) is 5.32 Å². The van der Waals surface area contributed by atoms with Gasteiger partial charge in [-0.05, 0) is 55.5 Å². The van der Waals surface area contributed by atoms with Gasteiger partial charge in [-0.15, -0.1) is 10.2 Å². The maximum Gasteiger partial charge on any atom is 0.255 e. The molecule has 0 bridgehead atoms. The van der Waals surface area contributed by atoms with Gasteiger partial charge >= 0.3 is 0 Å². The molecule has 138 valence electrons. The van der Waals surface area contributed by atoms with E-state index in [0.29, 0.717) is 23.0 Å². The number of carbonyl (C=O) groups excluding carboxylic acids is 1. The zero-order valence-corrected chi connectivity index (χ0v) is 15.1. The maximum absolute atomic E-state index is 12.3. The second kappa shape index (κ2) is 7.36. The number of benzene rings is 3. The van der Waals surface area contributed by atoms with Gasteiger partial charge < -0.3 is 14.8 Å². The van der Waals surface area contributed by atoms with Crippen molar-refractivity contribution < 1.29 is 14.3 Å². The van der Waals surface area contributed by atoms with E-state index < -0.39 is 0 Å². The Kier molecular flexibility index (Phi) is 4.60. The number of phenols is 1. The minimum absolute atomic E-state index is 0.0916. The zero-order valence-electron chi connectivity index (χ0n) is 15.1. The van der Waals surface area contributed by atoms with Gasteiger partial charge in [0.15, 0.2) is 0 Å². The van der Waals surface area contributed by atoms with Crippen LogP contribution in [0.2, 0.25) is 0 Å². The Labute approximate surface area is 161 Å². The van der Waals surface area contributed by atoms with Crippen LogP contribution in [0.5, 0.6) is 5.75 Å². The van der Waals surface area contributed by atoms with E-state index >= 15 is 0 Å². The fraction of sp³-hybridized carbons (Fsp3) is 0.0455. The van der Waals surface area contributed by atoms with Gasteiger partial charge in [0, 0.05) is 28.4 Å². The molecule has 1 heterocycles. The quantitative estimate of drug-likeness (QED) is 0.544. The molecule has 1 amide bonds. The first kappa shape index (κ1) is 17.5. The van der Waals surface area contributed by atoms with Crippen LogP contribution in [0.4, 0.5) is 5.69 Å². The molecule has 0 spiro atoms. The van der Waals surface area contributed by atoms with E-state index in [1.54, 1.807) is 42.5 Å². The van der Waals surface area contributed by atoms with Crippen LogP contribution in [0.1, 0.15) is 15.9 Å². The molecule has 0 unspecified atom stereocenters. The molecular formula is C22H17N3O3. The molecule has 6 nitrogen and oxygen atoms in total. The third kappa shape index (κ3) is 3.76. The number of nitrogens with zero attached hydrogens (tertiary/aromatic N) is 2. The molecule has 0 fully saturated rings. The fourth-order valence-corrected chi connectivity index (χ4v) is 2.70. The van der Waals surface area contributed by atoms with Gasteiger partial charge in [-0.2, -0.15) is 0 Å². The van der Waals surface area contributed by atoms with Crippen LogP contribution in [0.3, 0.4) is 0 Å². The van der Waals surface area contributed by atoms with Crippen molar-refractivity contribution in [3.8, 4) is 28.7 Å². The Morgan fingerprint density at radius 3 is 2.11 bits per heavy atom. The molecule has 0 saturated carbocycles. The third-order valence-corrected chi connectivity index (χ3v) is 4.22. The second-order valence-corrected chi connectivity index (χ2v) is 6.36. The van der Waals surface area contributed by atoms with E-state index in [1.165, 1.54) is 6.07 Å². The summed E-state index contributed by atoms with van der Waals surface area (Å²) in [5, 5.41) is 20.4. The molecule has 4 aromatic rings. The number of aryl methyl sites for hydroxylation is 1. The molecule has 0 aliphatic rings. The summed E-state index contributed by atoms with van der Waals surface area (Å²) in [7, 11) is 0. The summed E-state index contributed by atoms with van der Waals surface area (Å²) in [6.45, 7) is 2.02. The Balaban J connectivity index is 1.50. The smallest absolute Gasteiger partial charge is 0.255 e. The lowest BCUT2D eigenvalue weighted by Crippen LogP contribution is -2.11. The monoisotopic (exact) mass is 371 g/mol. The zero-order chi connectivity index (χ0) is 19.5. The number of hydrogen-bond donors (Lipinski definition) is 2. The fourth-order valence-electron chi connectivity index (χ4n) is 2.70. The highest BCUT2D eigenvalue weighted by Gasteiger charge is 2.12. The Hall–Kier alpha value is -3.93. The van der Waals surface area contributed by atoms with Crippen LogP contribution in [-0.2, 0) is 0 Å². The van der Waals surface area contributed by atoms with Crippen LogP contribution in [0, 0.1) is 6.92 Å². The summed E-state index contributed by atoms with van der Waals surface area (Å²) in [6, 6.07) is 21.1. The van der Waals surface area contributed by atoms with Gasteiger partial charge in [-0.1, -0.05) is 23.8 Å². The number of hydrogen-bond acceptors (Lipinski definition) is 5. The van der Waals surface area contributed by atoms with Gasteiger partial charge in [-0.3, -0.25) is 4.79 Å². The maximum atomic E-state index is 12.3. The summed E-state index contributed by atoms with van der Waals surface area (Å²) < 4.78 is 5.75. The number of nitrogens with one attached hydrogen (secondary N) is 1. The van der Waals surface area contributed by atoms with Crippen molar-refractivity contribution in [2.24, 2.45) is 0 Å². The van der Waals surface area contributed by atoms with E-state index in [0.717, 1.165) is 16.7 Å². The summed E-state index contributed by atoms with van der Waals surface area (Å²) in [5.41, 5.74) is 3.73. The van der Waals surface area contributed by atoms with Crippen LogP contribution in [-0.4, -0.2) is 21.2 Å². The average Bonchev–Trinajstić information content (AvgIpc) is 3.19. The number of aromatic hydroxyl groups is 1. The summed E-state index contributed by atoms with van der Waals surface area (Å²) in [4.78, 5) is 12.3. The van der Waals surface area contributed by atoms with E-state index in [9.17, 15) is 9.90 Å². The van der Waals surface area contributed by atoms with Gasteiger partial charge in [0.2, 0.25) is 11.8 Å². The number of amides is 1. The van der Waals surface area contributed by atoms with Crippen molar-refractivity contribution in [2.45, 2.75) is 6.92 Å². The van der Waals surface area contributed by atoms with Gasteiger partial charge in [0.25, 0.3) is 5.91 Å². The van der Waals surface area contributed by atoms with Crippen molar-refractivity contribution >= 4 is 11.6 Å². The molecule has 2 N–H and O–H groups in total. The highest BCUT2D eigenvalue weighted by molar-refractivity contribution is 6.04. The first-order valence-electron chi connectivity index (χ1n) is 8.70.